The van der Waals surface area contributed by atoms with Crippen LogP contribution in [-0.2, 0) is 4.79 Å². The van der Waals surface area contributed by atoms with E-state index in [9.17, 15) is 13.6 Å². The predicted molar refractivity (Wildman–Crippen MR) is 91.7 cm³/mol. The Morgan fingerprint density at radius 3 is 2.76 bits per heavy atom. The summed E-state index contributed by atoms with van der Waals surface area (Å²) in [6.07, 6.45) is 1.10. The zero-order valence-corrected chi connectivity index (χ0v) is 13.9. The number of nitrogens with one attached hydrogen (secondary N) is 1. The molecule has 0 bridgehead atoms. The Labute approximate surface area is 143 Å². The van der Waals surface area contributed by atoms with Crippen molar-refractivity contribution in [2.45, 2.75) is 26.4 Å². The van der Waals surface area contributed by atoms with Gasteiger partial charge in [-0.15, -0.1) is 0 Å². The van der Waals surface area contributed by atoms with Crippen LogP contribution in [0.2, 0.25) is 0 Å². The lowest BCUT2D eigenvalue weighted by atomic mass is 10.0. The quantitative estimate of drug-likeness (QED) is 0.781. The number of pyridine rings is 1. The number of nitrogens with zero attached hydrogens (tertiary/aromatic N) is 2. The number of halogens is 2. The first-order valence-electron chi connectivity index (χ1n) is 8.14. The molecule has 1 aromatic carbocycles. The summed E-state index contributed by atoms with van der Waals surface area (Å²) in [5.74, 6) is -0.756. The molecule has 0 saturated heterocycles. The number of rotatable bonds is 3. The average molecular weight is 341 g/mol. The van der Waals surface area contributed by atoms with Crippen molar-refractivity contribution in [2.24, 2.45) is 5.92 Å². The third-order valence-corrected chi connectivity index (χ3v) is 4.66. The molecule has 2 aromatic heterocycles. The molecular weight excluding hydrogens is 324 g/mol. The molecule has 1 saturated carbocycles. The molecular formula is C19H17F2N3O. The van der Waals surface area contributed by atoms with Gasteiger partial charge in [-0.2, -0.15) is 0 Å². The average Bonchev–Trinajstić information content (AvgIpc) is 3.25. The molecule has 1 N–H and O–H groups in total. The number of aromatic nitrogens is 2. The number of carbonyl (C=O) groups is 1. The first-order valence-corrected chi connectivity index (χ1v) is 8.14. The molecule has 0 spiro atoms. The summed E-state index contributed by atoms with van der Waals surface area (Å²) >= 11 is 0. The molecule has 0 radical (unpaired) electrons. The minimum Gasteiger partial charge on any atom is -0.309 e. The van der Waals surface area contributed by atoms with E-state index in [1.54, 1.807) is 6.07 Å². The third-order valence-electron chi connectivity index (χ3n) is 4.66. The number of imidazole rings is 1. The summed E-state index contributed by atoms with van der Waals surface area (Å²) in [6.45, 7) is 3.76. The van der Waals surface area contributed by atoms with Crippen LogP contribution in [0.4, 0.5) is 14.6 Å². The molecule has 6 heteroatoms. The highest BCUT2D eigenvalue weighted by atomic mass is 19.1. The van der Waals surface area contributed by atoms with Crippen molar-refractivity contribution in [1.82, 2.24) is 9.38 Å². The normalized spacial score (nSPS) is 19.2. The number of aryl methyl sites for hydroxylation is 2. The molecule has 4 nitrogen and oxygen atoms in total. The number of amides is 1. The van der Waals surface area contributed by atoms with Crippen LogP contribution in [-0.4, -0.2) is 21.5 Å². The SMILES string of the molecule is Cc1ccc(F)cc1-c1ccc2nc(NC(=O)C3CC3F)c(C)n2c1. The van der Waals surface area contributed by atoms with E-state index >= 15 is 0 Å². The van der Waals surface area contributed by atoms with Gasteiger partial charge in [-0.3, -0.25) is 4.79 Å². The van der Waals surface area contributed by atoms with E-state index in [1.807, 2.05) is 36.6 Å². The van der Waals surface area contributed by atoms with Gasteiger partial charge in [-0.25, -0.2) is 13.8 Å². The maximum absolute atomic E-state index is 13.6. The Morgan fingerprint density at radius 2 is 2.04 bits per heavy atom. The maximum Gasteiger partial charge on any atom is 0.231 e. The Bertz CT molecular complexity index is 996. The fourth-order valence-corrected chi connectivity index (χ4v) is 2.99. The Balaban J connectivity index is 1.72. The number of benzene rings is 1. The van der Waals surface area contributed by atoms with Crippen LogP contribution in [0.1, 0.15) is 17.7 Å². The second-order valence-electron chi connectivity index (χ2n) is 6.50. The molecule has 1 aliphatic carbocycles. The van der Waals surface area contributed by atoms with Crippen LogP contribution in [0, 0.1) is 25.6 Å². The topological polar surface area (TPSA) is 46.4 Å². The summed E-state index contributed by atoms with van der Waals surface area (Å²) in [7, 11) is 0. The highest BCUT2D eigenvalue weighted by molar-refractivity contribution is 5.94. The van der Waals surface area contributed by atoms with E-state index in [0.29, 0.717) is 11.5 Å². The zero-order chi connectivity index (χ0) is 17.7. The van der Waals surface area contributed by atoms with E-state index in [0.717, 1.165) is 22.4 Å². The van der Waals surface area contributed by atoms with Gasteiger partial charge in [0.25, 0.3) is 0 Å². The van der Waals surface area contributed by atoms with Gasteiger partial charge in [0.05, 0.1) is 11.6 Å². The first kappa shape index (κ1) is 15.7. The number of alkyl halides is 1. The highest BCUT2D eigenvalue weighted by Gasteiger charge is 2.44. The molecule has 1 amide bonds. The first-order chi connectivity index (χ1) is 11.9. The van der Waals surface area contributed by atoms with E-state index in [4.69, 9.17) is 0 Å². The second-order valence-corrected chi connectivity index (χ2v) is 6.50. The number of hydrogen-bond donors (Lipinski definition) is 1. The number of hydrogen-bond acceptors (Lipinski definition) is 2. The lowest BCUT2D eigenvalue weighted by Crippen LogP contribution is -2.16. The number of fused-ring (bicyclic) bond motifs is 1. The molecule has 1 aliphatic rings. The minimum absolute atomic E-state index is 0.279. The van der Waals surface area contributed by atoms with Crippen molar-refractivity contribution < 1.29 is 13.6 Å². The smallest absolute Gasteiger partial charge is 0.231 e. The monoisotopic (exact) mass is 341 g/mol. The van der Waals surface area contributed by atoms with Crippen LogP contribution in [0.15, 0.2) is 36.5 Å². The van der Waals surface area contributed by atoms with Gasteiger partial charge in [0.1, 0.15) is 17.6 Å². The molecule has 128 valence electrons. The fraction of sp³-hybridized carbons (Fsp3) is 0.263. The van der Waals surface area contributed by atoms with Crippen LogP contribution < -0.4 is 5.32 Å². The van der Waals surface area contributed by atoms with Crippen LogP contribution in [0.5, 0.6) is 0 Å². The summed E-state index contributed by atoms with van der Waals surface area (Å²) in [5.41, 5.74) is 4.04. The highest BCUT2D eigenvalue weighted by Crippen LogP contribution is 2.35. The molecule has 25 heavy (non-hydrogen) atoms. The Morgan fingerprint density at radius 1 is 1.28 bits per heavy atom. The minimum atomic E-state index is -1.04. The van der Waals surface area contributed by atoms with Gasteiger partial charge in [-0.1, -0.05) is 6.07 Å². The largest absolute Gasteiger partial charge is 0.309 e. The summed E-state index contributed by atoms with van der Waals surface area (Å²) in [4.78, 5) is 16.3. The lowest BCUT2D eigenvalue weighted by molar-refractivity contribution is -0.117. The lowest BCUT2D eigenvalue weighted by Gasteiger charge is -2.07. The van der Waals surface area contributed by atoms with E-state index in [-0.39, 0.29) is 18.1 Å². The third kappa shape index (κ3) is 2.77. The maximum atomic E-state index is 13.6. The molecule has 1 fully saturated rings. The standard InChI is InChI=1S/C19H17F2N3O/c1-10-3-5-13(20)7-14(10)12-4-6-17-22-18(11(2)24(17)9-12)23-19(25)15-8-16(15)21/h3-7,9,15-16H,8H2,1-2H3,(H,23,25). The van der Waals surface area contributed by atoms with Gasteiger partial charge < -0.3 is 9.72 Å². The fourth-order valence-electron chi connectivity index (χ4n) is 2.99. The zero-order valence-electron chi connectivity index (χ0n) is 13.9. The van der Waals surface area contributed by atoms with Crippen molar-refractivity contribution in [3.63, 3.8) is 0 Å². The second kappa shape index (κ2) is 5.65. The van der Waals surface area contributed by atoms with Gasteiger partial charge in [0.15, 0.2) is 5.82 Å². The molecule has 4 rings (SSSR count). The van der Waals surface area contributed by atoms with Crippen molar-refractivity contribution >= 4 is 17.4 Å². The van der Waals surface area contributed by atoms with E-state index < -0.39 is 12.1 Å². The van der Waals surface area contributed by atoms with Crippen LogP contribution in [0.25, 0.3) is 16.8 Å². The Hall–Kier alpha value is -2.76. The van der Waals surface area contributed by atoms with Crippen molar-refractivity contribution in [3.8, 4) is 11.1 Å². The van der Waals surface area contributed by atoms with E-state index in [1.165, 1.54) is 12.1 Å². The summed E-state index contributed by atoms with van der Waals surface area (Å²) < 4.78 is 28.5. The van der Waals surface area contributed by atoms with Crippen molar-refractivity contribution in [1.29, 1.82) is 0 Å². The van der Waals surface area contributed by atoms with Crippen LogP contribution >= 0.6 is 0 Å². The van der Waals surface area contributed by atoms with Gasteiger partial charge in [-0.05, 0) is 61.2 Å². The van der Waals surface area contributed by atoms with Crippen molar-refractivity contribution in [3.05, 3.63) is 53.6 Å². The predicted octanol–water partition coefficient (Wildman–Crippen LogP) is 4.05. The van der Waals surface area contributed by atoms with E-state index in [2.05, 4.69) is 10.3 Å². The summed E-state index contributed by atoms with van der Waals surface area (Å²) in [6, 6.07) is 8.36. The summed E-state index contributed by atoms with van der Waals surface area (Å²) in [5, 5.41) is 2.70. The molecule has 2 atom stereocenters. The number of carbonyl (C=O) groups excluding carboxylic acids is 1. The molecule has 0 aliphatic heterocycles. The molecule has 2 unspecified atom stereocenters. The van der Waals surface area contributed by atoms with Gasteiger partial charge in [0, 0.05) is 6.20 Å². The van der Waals surface area contributed by atoms with Crippen molar-refractivity contribution in [2.75, 3.05) is 5.32 Å². The van der Waals surface area contributed by atoms with Gasteiger partial charge >= 0.3 is 0 Å². The van der Waals surface area contributed by atoms with Gasteiger partial charge in [0.2, 0.25) is 5.91 Å². The molecule has 2 heterocycles. The van der Waals surface area contributed by atoms with Crippen LogP contribution in [0.3, 0.4) is 0 Å². The molecule has 3 aromatic rings. The number of anilines is 1. The Kier molecular flexibility index (Phi) is 3.56.